The number of cyclic esters (lactones) is 1. The lowest BCUT2D eigenvalue weighted by atomic mass is 10.1. The van der Waals surface area contributed by atoms with E-state index in [9.17, 15) is 9.18 Å². The first-order chi connectivity index (χ1) is 6.66. The third-order valence-corrected chi connectivity index (χ3v) is 2.66. The normalized spacial score (nSPS) is 20.4. The maximum absolute atomic E-state index is 13.1. The van der Waals surface area contributed by atoms with Crippen LogP contribution >= 0.6 is 15.9 Å². The molecule has 1 N–H and O–H groups in total. The largest absolute Gasteiger partial charge is 0.447 e. The molecule has 74 valence electrons. The minimum atomic E-state index is -0.460. The fourth-order valence-corrected chi connectivity index (χ4v) is 1.54. The van der Waals surface area contributed by atoms with Gasteiger partial charge in [0.05, 0.1) is 10.5 Å². The van der Waals surface area contributed by atoms with Gasteiger partial charge in [0, 0.05) is 0 Å². The van der Waals surface area contributed by atoms with Crippen LogP contribution in [0.2, 0.25) is 0 Å². The Balaban J connectivity index is 2.24. The van der Waals surface area contributed by atoms with Gasteiger partial charge in [0.25, 0.3) is 0 Å². The minimum absolute atomic E-state index is 0.245. The highest BCUT2D eigenvalue weighted by atomic mass is 79.9. The van der Waals surface area contributed by atoms with Gasteiger partial charge in [0.2, 0.25) is 0 Å². The number of alkyl carbamates (subject to hydrolysis) is 1. The summed E-state index contributed by atoms with van der Waals surface area (Å²) in [5.74, 6) is -0.344. The summed E-state index contributed by atoms with van der Waals surface area (Å²) >= 11 is 3.06. The van der Waals surface area contributed by atoms with Gasteiger partial charge in [-0.2, -0.15) is 0 Å². The molecule has 5 heteroatoms. The van der Waals surface area contributed by atoms with Gasteiger partial charge in [-0.15, -0.1) is 0 Å². The molecule has 1 aromatic rings. The molecule has 0 aromatic heterocycles. The van der Waals surface area contributed by atoms with Crippen LogP contribution in [0.25, 0.3) is 0 Å². The molecule has 0 aliphatic carbocycles. The van der Waals surface area contributed by atoms with E-state index in [1.165, 1.54) is 6.07 Å². The van der Waals surface area contributed by atoms with E-state index in [1.807, 2.05) is 0 Å². The summed E-state index contributed by atoms with van der Waals surface area (Å²) in [6.07, 6.45) is -0.460. The van der Waals surface area contributed by atoms with E-state index in [2.05, 4.69) is 21.2 Å². The maximum atomic E-state index is 13.1. The van der Waals surface area contributed by atoms with E-state index in [-0.39, 0.29) is 18.5 Å². The fraction of sp³-hybridized carbons (Fsp3) is 0.222. The molecule has 14 heavy (non-hydrogen) atoms. The number of rotatable bonds is 1. The average molecular weight is 260 g/mol. The minimum Gasteiger partial charge on any atom is -0.447 e. The molecule has 1 aliphatic heterocycles. The van der Waals surface area contributed by atoms with Crippen molar-refractivity contribution in [3.05, 3.63) is 34.1 Å². The number of benzene rings is 1. The lowest BCUT2D eigenvalue weighted by Gasteiger charge is -2.07. The van der Waals surface area contributed by atoms with Crippen molar-refractivity contribution in [1.29, 1.82) is 0 Å². The van der Waals surface area contributed by atoms with Crippen LogP contribution in [0, 0.1) is 5.82 Å². The summed E-state index contributed by atoms with van der Waals surface area (Å²) in [6, 6.07) is 4.48. The van der Waals surface area contributed by atoms with Crippen LogP contribution in [0.3, 0.4) is 0 Å². The van der Waals surface area contributed by atoms with E-state index in [0.29, 0.717) is 10.0 Å². The Bertz CT molecular complexity index is 383. The van der Waals surface area contributed by atoms with Gasteiger partial charge in [-0.3, -0.25) is 0 Å². The highest BCUT2D eigenvalue weighted by Gasteiger charge is 2.24. The van der Waals surface area contributed by atoms with Gasteiger partial charge in [-0.05, 0) is 33.6 Å². The summed E-state index contributed by atoms with van der Waals surface area (Å²) < 4.78 is 18.2. The van der Waals surface area contributed by atoms with Crippen molar-refractivity contribution in [3.8, 4) is 0 Å². The van der Waals surface area contributed by atoms with Gasteiger partial charge >= 0.3 is 6.09 Å². The Labute approximate surface area is 88.4 Å². The van der Waals surface area contributed by atoms with Gasteiger partial charge in [-0.25, -0.2) is 9.18 Å². The average Bonchev–Trinajstić information content (AvgIpc) is 2.57. The second-order valence-electron chi connectivity index (χ2n) is 2.97. The molecule has 1 atom stereocenters. The number of nitrogens with one attached hydrogen (secondary N) is 1. The summed E-state index contributed by atoms with van der Waals surface area (Å²) in [6.45, 7) is 0.250. The number of carbonyl (C=O) groups is 1. The molecule has 1 amide bonds. The Morgan fingerprint density at radius 3 is 2.93 bits per heavy atom. The van der Waals surface area contributed by atoms with E-state index >= 15 is 0 Å². The van der Waals surface area contributed by atoms with Crippen molar-refractivity contribution >= 4 is 22.0 Å². The predicted octanol–water partition coefficient (Wildman–Crippen LogP) is 2.37. The first kappa shape index (κ1) is 9.45. The van der Waals surface area contributed by atoms with Crippen LogP contribution < -0.4 is 5.32 Å². The molecule has 0 bridgehead atoms. The van der Waals surface area contributed by atoms with E-state index in [0.717, 1.165) is 0 Å². The topological polar surface area (TPSA) is 38.3 Å². The van der Waals surface area contributed by atoms with Crippen molar-refractivity contribution in [2.24, 2.45) is 0 Å². The van der Waals surface area contributed by atoms with Crippen LogP contribution in [0.1, 0.15) is 11.6 Å². The highest BCUT2D eigenvalue weighted by Crippen LogP contribution is 2.22. The summed E-state index contributed by atoms with van der Waals surface area (Å²) in [5, 5.41) is 2.57. The van der Waals surface area contributed by atoms with E-state index < -0.39 is 6.09 Å². The standard InChI is InChI=1S/C9H7BrFNO2/c10-6-2-1-5(3-7(6)11)8-4-14-9(13)12-8/h1-3,8H,4H2,(H,12,13)/t8-/m0/s1. The van der Waals surface area contributed by atoms with Crippen LogP contribution in [0.4, 0.5) is 9.18 Å². The zero-order valence-electron chi connectivity index (χ0n) is 7.09. The number of hydrogen-bond acceptors (Lipinski definition) is 2. The molecule has 1 aromatic carbocycles. The second kappa shape index (κ2) is 3.57. The molecule has 3 nitrogen and oxygen atoms in total. The van der Waals surface area contributed by atoms with E-state index in [1.54, 1.807) is 12.1 Å². The fourth-order valence-electron chi connectivity index (χ4n) is 1.29. The number of ether oxygens (including phenoxy) is 1. The molecule has 1 heterocycles. The van der Waals surface area contributed by atoms with E-state index in [4.69, 9.17) is 4.74 Å². The van der Waals surface area contributed by atoms with Crippen LogP contribution in [0.5, 0.6) is 0 Å². The smallest absolute Gasteiger partial charge is 0.407 e. The molecule has 2 rings (SSSR count). The number of hydrogen-bond donors (Lipinski definition) is 1. The van der Waals surface area contributed by atoms with Crippen molar-refractivity contribution in [2.75, 3.05) is 6.61 Å². The molecule has 1 aliphatic rings. The number of halogens is 2. The Morgan fingerprint density at radius 1 is 1.57 bits per heavy atom. The van der Waals surface area contributed by atoms with Crippen molar-refractivity contribution in [2.45, 2.75) is 6.04 Å². The zero-order valence-corrected chi connectivity index (χ0v) is 8.67. The molecular formula is C9H7BrFNO2. The number of carbonyl (C=O) groups excluding carboxylic acids is 1. The highest BCUT2D eigenvalue weighted by molar-refractivity contribution is 9.10. The van der Waals surface area contributed by atoms with Gasteiger partial charge < -0.3 is 10.1 Å². The monoisotopic (exact) mass is 259 g/mol. The first-order valence-electron chi connectivity index (χ1n) is 4.05. The second-order valence-corrected chi connectivity index (χ2v) is 3.82. The van der Waals surface area contributed by atoms with Gasteiger partial charge in [-0.1, -0.05) is 6.07 Å². The molecular weight excluding hydrogens is 253 g/mol. The molecule has 0 spiro atoms. The van der Waals surface area contributed by atoms with Crippen LogP contribution in [-0.4, -0.2) is 12.7 Å². The quantitative estimate of drug-likeness (QED) is 0.841. The third-order valence-electron chi connectivity index (χ3n) is 2.02. The molecule has 1 saturated heterocycles. The summed E-state index contributed by atoms with van der Waals surface area (Å²) in [5.41, 5.74) is 0.705. The Morgan fingerprint density at radius 2 is 2.36 bits per heavy atom. The molecule has 1 fully saturated rings. The van der Waals surface area contributed by atoms with Gasteiger partial charge in [0.15, 0.2) is 0 Å². The van der Waals surface area contributed by atoms with Crippen molar-refractivity contribution in [3.63, 3.8) is 0 Å². The maximum Gasteiger partial charge on any atom is 0.407 e. The summed E-state index contributed by atoms with van der Waals surface area (Å²) in [4.78, 5) is 10.7. The lowest BCUT2D eigenvalue weighted by molar-refractivity contribution is 0.177. The van der Waals surface area contributed by atoms with Crippen molar-refractivity contribution in [1.82, 2.24) is 5.32 Å². The Hall–Kier alpha value is -1.10. The summed E-state index contributed by atoms with van der Waals surface area (Å²) in [7, 11) is 0. The lowest BCUT2D eigenvalue weighted by Crippen LogP contribution is -2.18. The van der Waals surface area contributed by atoms with Crippen LogP contribution in [-0.2, 0) is 4.74 Å². The number of amides is 1. The molecule has 0 unspecified atom stereocenters. The molecule has 0 radical (unpaired) electrons. The SMILES string of the molecule is O=C1N[C@H](c2ccc(Br)c(F)c2)CO1. The first-order valence-corrected chi connectivity index (χ1v) is 4.84. The zero-order chi connectivity index (χ0) is 10.1. The van der Waals surface area contributed by atoms with Crippen LogP contribution in [0.15, 0.2) is 22.7 Å². The Kier molecular flexibility index (Phi) is 2.41. The van der Waals surface area contributed by atoms with Crippen molar-refractivity contribution < 1.29 is 13.9 Å². The van der Waals surface area contributed by atoms with Gasteiger partial charge in [0.1, 0.15) is 12.4 Å². The third kappa shape index (κ3) is 1.72. The molecule has 0 saturated carbocycles. The predicted molar refractivity (Wildman–Crippen MR) is 51.3 cm³/mol.